The maximum Gasteiger partial charge on any atom is 0.274 e. The molecule has 0 aliphatic carbocycles. The Kier molecular flexibility index (Phi) is 4.04. The first-order valence-corrected chi connectivity index (χ1v) is 5.43. The van der Waals surface area contributed by atoms with Crippen molar-refractivity contribution in [2.24, 2.45) is 0 Å². The minimum atomic E-state index is -0.517. The van der Waals surface area contributed by atoms with E-state index in [0.717, 1.165) is 0 Å². The zero-order valence-corrected chi connectivity index (χ0v) is 10.2. The van der Waals surface area contributed by atoms with Crippen LogP contribution in [0.4, 0.5) is 0 Å². The van der Waals surface area contributed by atoms with Crippen molar-refractivity contribution >= 4 is 5.91 Å². The zero-order valence-electron chi connectivity index (χ0n) is 10.2. The Morgan fingerprint density at radius 2 is 2.42 bits per heavy atom. The number of hydrogen-bond donors (Lipinski definition) is 2. The smallest absolute Gasteiger partial charge is 0.274 e. The van der Waals surface area contributed by atoms with Crippen LogP contribution in [0.1, 0.15) is 22.2 Å². The monoisotopic (exact) mass is 264 g/mol. The highest BCUT2D eigenvalue weighted by molar-refractivity contribution is 5.94. The van der Waals surface area contributed by atoms with Crippen molar-refractivity contribution < 1.29 is 19.2 Å². The Morgan fingerprint density at radius 1 is 1.58 bits per heavy atom. The van der Waals surface area contributed by atoms with Gasteiger partial charge in [-0.25, -0.2) is 4.98 Å². The van der Waals surface area contributed by atoms with Gasteiger partial charge in [-0.05, 0) is 12.1 Å². The van der Waals surface area contributed by atoms with Gasteiger partial charge in [0, 0.05) is 13.3 Å². The van der Waals surface area contributed by atoms with E-state index in [2.05, 4.69) is 20.4 Å². The Bertz CT molecular complexity index is 569. The molecule has 8 nitrogen and oxygen atoms in total. The number of carbonyl (C=O) groups is 1. The molecule has 0 bridgehead atoms. The largest absolute Gasteiger partial charge is 0.505 e. The van der Waals surface area contributed by atoms with E-state index in [1.165, 1.54) is 25.4 Å². The van der Waals surface area contributed by atoms with Crippen LogP contribution in [0.15, 0.2) is 22.9 Å². The van der Waals surface area contributed by atoms with Gasteiger partial charge in [0.05, 0.1) is 6.54 Å². The van der Waals surface area contributed by atoms with Crippen LogP contribution in [0, 0.1) is 0 Å². The van der Waals surface area contributed by atoms with Crippen LogP contribution < -0.4 is 5.32 Å². The number of amides is 1. The Morgan fingerprint density at radius 3 is 3.16 bits per heavy atom. The standard InChI is InChI=1S/C11H12N4O4/c1-18-6-9-14-8(15-19-9)5-13-11(17)10-7(16)3-2-4-12-10/h2-4,16H,5-6H2,1H3,(H,13,17). The van der Waals surface area contributed by atoms with Crippen LogP contribution >= 0.6 is 0 Å². The third-order valence-electron chi connectivity index (χ3n) is 2.19. The highest BCUT2D eigenvalue weighted by atomic mass is 16.5. The second-order valence-electron chi connectivity index (χ2n) is 3.59. The van der Waals surface area contributed by atoms with E-state index in [1.54, 1.807) is 0 Å². The quantitative estimate of drug-likeness (QED) is 0.796. The van der Waals surface area contributed by atoms with E-state index < -0.39 is 5.91 Å². The van der Waals surface area contributed by atoms with Gasteiger partial charge >= 0.3 is 0 Å². The highest BCUT2D eigenvalue weighted by Crippen LogP contribution is 2.12. The second kappa shape index (κ2) is 5.91. The fraction of sp³-hybridized carbons (Fsp3) is 0.273. The number of methoxy groups -OCH3 is 1. The summed E-state index contributed by atoms with van der Waals surface area (Å²) < 4.78 is 9.69. The summed E-state index contributed by atoms with van der Waals surface area (Å²) in [5.41, 5.74) is -0.0527. The van der Waals surface area contributed by atoms with Crippen molar-refractivity contribution in [3.8, 4) is 5.75 Å². The maximum absolute atomic E-state index is 11.7. The van der Waals surface area contributed by atoms with E-state index in [0.29, 0.717) is 11.7 Å². The Labute approximate surface area is 108 Å². The van der Waals surface area contributed by atoms with Crippen LogP contribution in [-0.4, -0.2) is 33.2 Å². The van der Waals surface area contributed by atoms with Crippen molar-refractivity contribution in [2.75, 3.05) is 7.11 Å². The molecule has 100 valence electrons. The number of nitrogens with zero attached hydrogens (tertiary/aromatic N) is 3. The first-order chi connectivity index (χ1) is 9.20. The van der Waals surface area contributed by atoms with Crippen LogP contribution in [0.3, 0.4) is 0 Å². The molecule has 0 aromatic carbocycles. The molecule has 0 aliphatic heterocycles. The molecule has 2 rings (SSSR count). The molecule has 0 unspecified atom stereocenters. The molecular formula is C11H12N4O4. The summed E-state index contributed by atoms with van der Waals surface area (Å²) in [4.78, 5) is 19.5. The lowest BCUT2D eigenvalue weighted by Crippen LogP contribution is -2.24. The molecule has 0 saturated heterocycles. The number of carbonyl (C=O) groups excluding carboxylic acids is 1. The predicted octanol–water partition coefficient (Wildman–Crippen LogP) is 0.247. The normalized spacial score (nSPS) is 10.4. The zero-order chi connectivity index (χ0) is 13.7. The topological polar surface area (TPSA) is 110 Å². The van der Waals surface area contributed by atoms with Gasteiger partial charge in [-0.1, -0.05) is 5.16 Å². The van der Waals surface area contributed by atoms with Gasteiger partial charge in [0.25, 0.3) is 11.8 Å². The van der Waals surface area contributed by atoms with Gasteiger partial charge in [-0.2, -0.15) is 4.98 Å². The predicted molar refractivity (Wildman–Crippen MR) is 62.1 cm³/mol. The average Bonchev–Trinajstić information content (AvgIpc) is 2.85. The summed E-state index contributed by atoms with van der Waals surface area (Å²) in [6.45, 7) is 0.282. The minimum Gasteiger partial charge on any atom is -0.505 e. The van der Waals surface area contributed by atoms with Gasteiger partial charge < -0.3 is 19.7 Å². The third kappa shape index (κ3) is 3.26. The second-order valence-corrected chi connectivity index (χ2v) is 3.59. The van der Waals surface area contributed by atoms with Gasteiger partial charge in [0.1, 0.15) is 12.4 Å². The molecule has 2 heterocycles. The molecule has 0 spiro atoms. The molecule has 2 aromatic heterocycles. The molecule has 0 aliphatic rings. The molecule has 0 radical (unpaired) electrons. The molecule has 19 heavy (non-hydrogen) atoms. The number of aromatic nitrogens is 3. The number of aromatic hydroxyl groups is 1. The summed E-state index contributed by atoms with van der Waals surface area (Å²) in [7, 11) is 1.51. The van der Waals surface area contributed by atoms with Crippen molar-refractivity contribution in [3.63, 3.8) is 0 Å². The third-order valence-corrected chi connectivity index (χ3v) is 2.19. The van der Waals surface area contributed by atoms with Crippen molar-refractivity contribution in [1.82, 2.24) is 20.4 Å². The van der Waals surface area contributed by atoms with Gasteiger partial charge in [-0.3, -0.25) is 4.79 Å². The molecular weight excluding hydrogens is 252 g/mol. The fourth-order valence-corrected chi connectivity index (χ4v) is 1.36. The van der Waals surface area contributed by atoms with E-state index >= 15 is 0 Å². The summed E-state index contributed by atoms with van der Waals surface area (Å²) in [5.74, 6) is -0.0624. The number of hydrogen-bond acceptors (Lipinski definition) is 7. The van der Waals surface area contributed by atoms with E-state index in [1.807, 2.05) is 0 Å². The summed E-state index contributed by atoms with van der Waals surface area (Å²) in [6, 6.07) is 2.91. The molecule has 0 fully saturated rings. The van der Waals surface area contributed by atoms with Gasteiger partial charge in [0.2, 0.25) is 0 Å². The molecule has 2 N–H and O–H groups in total. The highest BCUT2D eigenvalue weighted by Gasteiger charge is 2.13. The van der Waals surface area contributed by atoms with Crippen LogP contribution in [0.25, 0.3) is 0 Å². The molecule has 0 saturated carbocycles. The SMILES string of the molecule is COCc1nc(CNC(=O)c2ncccc2O)no1. The Hall–Kier alpha value is -2.48. The van der Waals surface area contributed by atoms with Crippen LogP contribution in [0.5, 0.6) is 5.75 Å². The fourth-order valence-electron chi connectivity index (χ4n) is 1.36. The summed E-state index contributed by atoms with van der Waals surface area (Å²) in [6.07, 6.45) is 1.42. The summed E-state index contributed by atoms with van der Waals surface area (Å²) in [5, 5.41) is 15.6. The molecule has 8 heteroatoms. The number of ether oxygens (including phenoxy) is 1. The van der Waals surface area contributed by atoms with Crippen molar-refractivity contribution in [3.05, 3.63) is 35.7 Å². The molecule has 1 amide bonds. The van der Waals surface area contributed by atoms with Crippen molar-refractivity contribution in [1.29, 1.82) is 0 Å². The first kappa shape index (κ1) is 13.0. The van der Waals surface area contributed by atoms with Crippen LogP contribution in [0.2, 0.25) is 0 Å². The van der Waals surface area contributed by atoms with Crippen LogP contribution in [-0.2, 0) is 17.9 Å². The average molecular weight is 264 g/mol. The number of nitrogens with one attached hydrogen (secondary N) is 1. The molecule has 0 atom stereocenters. The van der Waals surface area contributed by atoms with E-state index in [-0.39, 0.29) is 24.6 Å². The van der Waals surface area contributed by atoms with E-state index in [4.69, 9.17) is 9.26 Å². The molecule has 2 aromatic rings. The minimum absolute atomic E-state index is 0.0527. The lowest BCUT2D eigenvalue weighted by molar-refractivity contribution is 0.0941. The maximum atomic E-state index is 11.7. The number of rotatable bonds is 5. The first-order valence-electron chi connectivity index (χ1n) is 5.43. The summed E-state index contributed by atoms with van der Waals surface area (Å²) >= 11 is 0. The number of pyridine rings is 1. The van der Waals surface area contributed by atoms with Gasteiger partial charge in [0.15, 0.2) is 11.5 Å². The van der Waals surface area contributed by atoms with Crippen molar-refractivity contribution in [2.45, 2.75) is 13.2 Å². The van der Waals surface area contributed by atoms with E-state index in [9.17, 15) is 9.90 Å². The lowest BCUT2D eigenvalue weighted by atomic mass is 10.3. The lowest BCUT2D eigenvalue weighted by Gasteiger charge is -2.02. The Balaban J connectivity index is 1.95. The van der Waals surface area contributed by atoms with Gasteiger partial charge in [-0.15, -0.1) is 0 Å².